The summed E-state index contributed by atoms with van der Waals surface area (Å²) in [5.41, 5.74) is -0.544. The summed E-state index contributed by atoms with van der Waals surface area (Å²) in [6.07, 6.45) is 1.00. The van der Waals surface area contributed by atoms with Gasteiger partial charge in [0.2, 0.25) is 0 Å². The molecule has 1 saturated heterocycles. The van der Waals surface area contributed by atoms with E-state index in [9.17, 15) is 9.90 Å². The Bertz CT molecular complexity index is 289. The van der Waals surface area contributed by atoms with E-state index in [4.69, 9.17) is 14.2 Å². The van der Waals surface area contributed by atoms with Crippen LogP contribution in [0.1, 0.15) is 33.6 Å². The van der Waals surface area contributed by atoms with Crippen molar-refractivity contribution in [3.05, 3.63) is 0 Å². The molecule has 19 heavy (non-hydrogen) atoms. The summed E-state index contributed by atoms with van der Waals surface area (Å²) in [7, 11) is 1.54. The van der Waals surface area contributed by atoms with E-state index in [0.717, 1.165) is 12.8 Å². The number of amides is 1. The molecule has 112 valence electrons. The number of hydrogen-bond acceptors (Lipinski definition) is 5. The molecule has 6 nitrogen and oxygen atoms in total. The number of rotatable bonds is 4. The highest BCUT2D eigenvalue weighted by Gasteiger charge is 2.36. The van der Waals surface area contributed by atoms with Gasteiger partial charge < -0.3 is 24.2 Å². The van der Waals surface area contributed by atoms with Crippen LogP contribution in [0.5, 0.6) is 0 Å². The summed E-state index contributed by atoms with van der Waals surface area (Å²) in [5.74, 6) is 0. The minimum absolute atomic E-state index is 0.145. The van der Waals surface area contributed by atoms with Gasteiger partial charge in [-0.05, 0) is 33.6 Å². The number of aliphatic hydroxyl groups is 1. The van der Waals surface area contributed by atoms with Crippen LogP contribution >= 0.6 is 0 Å². The van der Waals surface area contributed by atoms with Gasteiger partial charge in [0.25, 0.3) is 0 Å². The zero-order valence-corrected chi connectivity index (χ0v) is 12.2. The normalized spacial score (nSPS) is 24.4. The first kappa shape index (κ1) is 16.2. The van der Waals surface area contributed by atoms with Crippen LogP contribution in [-0.4, -0.2) is 60.9 Å². The number of hydrogen-bond donors (Lipinski definition) is 1. The smallest absolute Gasteiger partial charge is 0.410 e. The van der Waals surface area contributed by atoms with Gasteiger partial charge in [0, 0.05) is 13.7 Å². The second-order valence-corrected chi connectivity index (χ2v) is 5.68. The summed E-state index contributed by atoms with van der Waals surface area (Å²) in [6.45, 7) is 6.05. The molecule has 0 bridgehead atoms. The zero-order valence-electron chi connectivity index (χ0n) is 12.2. The molecule has 0 spiro atoms. The fourth-order valence-corrected chi connectivity index (χ4v) is 2.13. The Hall–Kier alpha value is -0.850. The molecule has 0 unspecified atom stereocenters. The van der Waals surface area contributed by atoms with Crippen molar-refractivity contribution in [1.29, 1.82) is 0 Å². The number of likely N-dealkylation sites (tertiary alicyclic amines) is 1. The van der Waals surface area contributed by atoms with Gasteiger partial charge in [-0.15, -0.1) is 0 Å². The summed E-state index contributed by atoms with van der Waals surface area (Å²) in [5, 5.41) is 9.51. The third-order valence-corrected chi connectivity index (χ3v) is 2.93. The number of carbonyl (C=O) groups excluding carboxylic acids is 1. The highest BCUT2D eigenvalue weighted by molar-refractivity contribution is 5.68. The average molecular weight is 275 g/mol. The fourth-order valence-electron chi connectivity index (χ4n) is 2.13. The first-order chi connectivity index (χ1) is 8.89. The van der Waals surface area contributed by atoms with E-state index in [-0.39, 0.29) is 25.5 Å². The molecule has 0 aromatic heterocycles. The molecule has 0 aromatic carbocycles. The van der Waals surface area contributed by atoms with E-state index >= 15 is 0 Å². The molecule has 1 fully saturated rings. The molecule has 1 heterocycles. The third-order valence-electron chi connectivity index (χ3n) is 2.93. The van der Waals surface area contributed by atoms with E-state index < -0.39 is 11.7 Å². The van der Waals surface area contributed by atoms with Crippen LogP contribution in [0, 0.1) is 0 Å². The van der Waals surface area contributed by atoms with Gasteiger partial charge in [-0.25, -0.2) is 4.79 Å². The molecule has 0 saturated carbocycles. The third kappa shape index (κ3) is 4.97. The van der Waals surface area contributed by atoms with E-state index in [1.165, 1.54) is 0 Å². The molecular formula is C13H25NO5. The lowest BCUT2D eigenvalue weighted by Crippen LogP contribution is -2.54. The number of carbonyl (C=O) groups is 1. The summed E-state index contributed by atoms with van der Waals surface area (Å²) >= 11 is 0. The van der Waals surface area contributed by atoms with Crippen molar-refractivity contribution >= 4 is 6.09 Å². The van der Waals surface area contributed by atoms with E-state index in [1.807, 2.05) is 20.8 Å². The van der Waals surface area contributed by atoms with Crippen molar-refractivity contribution in [1.82, 2.24) is 4.90 Å². The monoisotopic (exact) mass is 275 g/mol. The summed E-state index contributed by atoms with van der Waals surface area (Å²) < 4.78 is 15.7. The van der Waals surface area contributed by atoms with E-state index in [2.05, 4.69) is 0 Å². The van der Waals surface area contributed by atoms with Crippen LogP contribution in [0.25, 0.3) is 0 Å². The zero-order chi connectivity index (χ0) is 14.5. The lowest BCUT2D eigenvalue weighted by atomic mass is 10.00. The number of nitrogens with zero attached hydrogens (tertiary/aromatic N) is 1. The van der Waals surface area contributed by atoms with Crippen LogP contribution < -0.4 is 0 Å². The molecule has 1 rings (SSSR count). The first-order valence-corrected chi connectivity index (χ1v) is 6.60. The van der Waals surface area contributed by atoms with Crippen molar-refractivity contribution in [2.75, 3.05) is 27.1 Å². The topological polar surface area (TPSA) is 68.2 Å². The van der Waals surface area contributed by atoms with Crippen molar-refractivity contribution in [3.63, 3.8) is 0 Å². The minimum Gasteiger partial charge on any atom is -0.444 e. The Balaban J connectivity index is 2.67. The molecule has 1 N–H and O–H groups in total. The van der Waals surface area contributed by atoms with Gasteiger partial charge in [0.15, 0.2) is 0 Å². The van der Waals surface area contributed by atoms with E-state index in [1.54, 1.807) is 12.0 Å². The summed E-state index contributed by atoms with van der Waals surface area (Å²) in [6, 6.07) is -0.376. The van der Waals surface area contributed by atoms with Crippen LogP contribution in [-0.2, 0) is 14.2 Å². The standard InChI is InChI=1S/C13H25NO5/c1-13(2,3)19-12(16)14-7-5-6-11(10(14)8-15)18-9-17-4/h10-11,15H,5-9H2,1-4H3/t10-,11-/m1/s1. The highest BCUT2D eigenvalue weighted by Crippen LogP contribution is 2.22. The lowest BCUT2D eigenvalue weighted by molar-refractivity contribution is -0.121. The van der Waals surface area contributed by atoms with Gasteiger partial charge in [0.05, 0.1) is 18.8 Å². The Kier molecular flexibility index (Phi) is 6.03. The Morgan fingerprint density at radius 2 is 2.11 bits per heavy atom. The van der Waals surface area contributed by atoms with Crippen molar-refractivity contribution in [2.24, 2.45) is 0 Å². The molecule has 1 aliphatic rings. The van der Waals surface area contributed by atoms with Gasteiger partial charge in [-0.2, -0.15) is 0 Å². The van der Waals surface area contributed by atoms with Crippen LogP contribution in [0.4, 0.5) is 4.79 Å². The maximum atomic E-state index is 12.1. The quantitative estimate of drug-likeness (QED) is 0.785. The minimum atomic E-state index is -0.544. The second kappa shape index (κ2) is 7.07. The van der Waals surface area contributed by atoms with Crippen LogP contribution in [0.3, 0.4) is 0 Å². The average Bonchev–Trinajstić information content (AvgIpc) is 2.33. The van der Waals surface area contributed by atoms with Crippen molar-refractivity contribution < 1.29 is 24.1 Å². The SMILES string of the molecule is COCO[C@@H]1CCCN(C(=O)OC(C)(C)C)[C@@H]1CO. The van der Waals surface area contributed by atoms with Gasteiger partial charge in [0.1, 0.15) is 12.4 Å². The van der Waals surface area contributed by atoms with Gasteiger partial charge in [-0.1, -0.05) is 0 Å². The number of methoxy groups -OCH3 is 1. The molecular weight excluding hydrogens is 250 g/mol. The molecule has 0 aliphatic carbocycles. The second-order valence-electron chi connectivity index (χ2n) is 5.68. The maximum absolute atomic E-state index is 12.1. The largest absolute Gasteiger partial charge is 0.444 e. The molecule has 0 radical (unpaired) electrons. The lowest BCUT2D eigenvalue weighted by Gasteiger charge is -2.40. The molecule has 0 aromatic rings. The number of aliphatic hydroxyl groups excluding tert-OH is 1. The summed E-state index contributed by atoms with van der Waals surface area (Å²) in [4.78, 5) is 13.7. The maximum Gasteiger partial charge on any atom is 0.410 e. The Morgan fingerprint density at radius 3 is 2.63 bits per heavy atom. The Labute approximate surface area is 114 Å². The van der Waals surface area contributed by atoms with Gasteiger partial charge in [-0.3, -0.25) is 0 Å². The van der Waals surface area contributed by atoms with E-state index in [0.29, 0.717) is 6.54 Å². The molecule has 1 aliphatic heterocycles. The van der Waals surface area contributed by atoms with Crippen LogP contribution in [0.2, 0.25) is 0 Å². The predicted molar refractivity (Wildman–Crippen MR) is 69.8 cm³/mol. The Morgan fingerprint density at radius 1 is 1.42 bits per heavy atom. The number of piperidine rings is 1. The molecule has 1 amide bonds. The van der Waals surface area contributed by atoms with Crippen molar-refractivity contribution in [3.8, 4) is 0 Å². The first-order valence-electron chi connectivity index (χ1n) is 6.60. The molecule has 2 atom stereocenters. The number of ether oxygens (including phenoxy) is 3. The fraction of sp³-hybridized carbons (Fsp3) is 0.923. The van der Waals surface area contributed by atoms with Crippen molar-refractivity contribution in [2.45, 2.75) is 51.4 Å². The highest BCUT2D eigenvalue weighted by atomic mass is 16.7. The predicted octanol–water partition coefficient (Wildman–Crippen LogP) is 1.37. The van der Waals surface area contributed by atoms with Gasteiger partial charge >= 0.3 is 6.09 Å². The van der Waals surface area contributed by atoms with Crippen LogP contribution in [0.15, 0.2) is 0 Å². The molecule has 6 heteroatoms.